The lowest BCUT2D eigenvalue weighted by molar-refractivity contribution is -0.136. The maximum absolute atomic E-state index is 12.4. The number of benzene rings is 1. The minimum absolute atomic E-state index is 0.00297. The van der Waals surface area contributed by atoms with E-state index in [1.807, 2.05) is 26.8 Å². The van der Waals surface area contributed by atoms with Crippen molar-refractivity contribution < 1.29 is 9.59 Å². The average molecular weight is 375 g/mol. The van der Waals surface area contributed by atoms with Gasteiger partial charge < -0.3 is 15.1 Å². The zero-order valence-electron chi connectivity index (χ0n) is 17.2. The van der Waals surface area contributed by atoms with Gasteiger partial charge in [0.05, 0.1) is 13.1 Å². The zero-order chi connectivity index (χ0) is 19.9. The second-order valence-electron chi connectivity index (χ2n) is 8.40. The monoisotopic (exact) mass is 374 g/mol. The number of hydrogen-bond donors (Lipinski definition) is 1. The number of piperazine rings is 1. The van der Waals surface area contributed by atoms with Gasteiger partial charge in [-0.15, -0.1) is 0 Å². The van der Waals surface area contributed by atoms with Crippen molar-refractivity contribution in [3.63, 3.8) is 0 Å². The number of carbonyl (C=O) groups is 2. The topological polar surface area (TPSA) is 55.9 Å². The van der Waals surface area contributed by atoms with E-state index in [2.05, 4.69) is 39.4 Å². The highest BCUT2D eigenvalue weighted by molar-refractivity contribution is 5.85. The molecule has 0 spiro atoms. The van der Waals surface area contributed by atoms with Crippen LogP contribution in [0.15, 0.2) is 30.3 Å². The predicted molar refractivity (Wildman–Crippen MR) is 109 cm³/mol. The summed E-state index contributed by atoms with van der Waals surface area (Å²) in [4.78, 5) is 30.5. The second kappa shape index (κ2) is 9.85. The highest BCUT2D eigenvalue weighted by Crippen LogP contribution is 2.06. The summed E-state index contributed by atoms with van der Waals surface area (Å²) in [5.41, 5.74) is 1.09. The lowest BCUT2D eigenvalue weighted by Crippen LogP contribution is -2.51. The summed E-state index contributed by atoms with van der Waals surface area (Å²) in [5, 5.41) is 2.89. The van der Waals surface area contributed by atoms with Gasteiger partial charge in [-0.3, -0.25) is 14.5 Å². The smallest absolute Gasteiger partial charge is 0.240 e. The highest BCUT2D eigenvalue weighted by atomic mass is 16.2. The Balaban J connectivity index is 1.67. The van der Waals surface area contributed by atoms with E-state index in [4.69, 9.17) is 0 Å². The van der Waals surface area contributed by atoms with Gasteiger partial charge in [-0.05, 0) is 32.8 Å². The van der Waals surface area contributed by atoms with Gasteiger partial charge >= 0.3 is 0 Å². The molecule has 6 heteroatoms. The molecule has 0 aliphatic carbocycles. The van der Waals surface area contributed by atoms with Gasteiger partial charge in [0.2, 0.25) is 11.8 Å². The van der Waals surface area contributed by atoms with Gasteiger partial charge in [-0.1, -0.05) is 30.3 Å². The molecular weight excluding hydrogens is 340 g/mol. The summed E-state index contributed by atoms with van der Waals surface area (Å²) in [7, 11) is 1.70. The number of nitrogens with zero attached hydrogens (tertiary/aromatic N) is 3. The van der Waals surface area contributed by atoms with Crippen LogP contribution in [0.25, 0.3) is 0 Å². The van der Waals surface area contributed by atoms with Gasteiger partial charge in [-0.2, -0.15) is 0 Å². The highest BCUT2D eigenvalue weighted by Gasteiger charge is 2.22. The minimum Gasteiger partial charge on any atom is -0.350 e. The molecule has 2 rings (SSSR count). The van der Waals surface area contributed by atoms with Crippen LogP contribution in [-0.4, -0.2) is 84.9 Å². The van der Waals surface area contributed by atoms with E-state index < -0.39 is 0 Å². The summed E-state index contributed by atoms with van der Waals surface area (Å²) in [5.74, 6) is -0.124. The Morgan fingerprint density at radius 3 is 2.22 bits per heavy atom. The molecule has 0 bridgehead atoms. The number of rotatable bonds is 7. The quantitative estimate of drug-likeness (QED) is 0.780. The van der Waals surface area contributed by atoms with Gasteiger partial charge in [0, 0.05) is 45.3 Å². The van der Waals surface area contributed by atoms with Gasteiger partial charge in [0.15, 0.2) is 0 Å². The Bertz CT molecular complexity index is 604. The van der Waals surface area contributed by atoms with E-state index in [0.29, 0.717) is 6.54 Å². The van der Waals surface area contributed by atoms with Gasteiger partial charge in [-0.25, -0.2) is 0 Å². The van der Waals surface area contributed by atoms with E-state index in [9.17, 15) is 9.59 Å². The average Bonchev–Trinajstić information content (AvgIpc) is 2.60. The van der Waals surface area contributed by atoms with Crippen molar-refractivity contribution >= 4 is 11.8 Å². The van der Waals surface area contributed by atoms with E-state index in [1.54, 1.807) is 7.05 Å². The van der Waals surface area contributed by atoms with Crippen LogP contribution < -0.4 is 5.32 Å². The first-order valence-electron chi connectivity index (χ1n) is 9.76. The molecule has 0 unspecified atom stereocenters. The predicted octanol–water partition coefficient (Wildman–Crippen LogP) is 1.22. The molecule has 1 saturated heterocycles. The first-order valence-corrected chi connectivity index (χ1v) is 9.76. The van der Waals surface area contributed by atoms with Crippen LogP contribution in [0.3, 0.4) is 0 Å². The van der Waals surface area contributed by atoms with Gasteiger partial charge in [0.1, 0.15) is 0 Å². The number of hydrogen-bond acceptors (Lipinski definition) is 4. The lowest BCUT2D eigenvalue weighted by Gasteiger charge is -2.35. The van der Waals surface area contributed by atoms with Crippen LogP contribution in [-0.2, 0) is 16.0 Å². The maximum Gasteiger partial charge on any atom is 0.240 e. The summed E-state index contributed by atoms with van der Waals surface area (Å²) in [6.07, 6.45) is 1.06. The number of amides is 2. The van der Waals surface area contributed by atoms with E-state index in [-0.39, 0.29) is 23.9 Å². The van der Waals surface area contributed by atoms with Crippen LogP contribution in [0.5, 0.6) is 0 Å². The number of carbonyl (C=O) groups excluding carboxylic acids is 2. The van der Waals surface area contributed by atoms with Crippen LogP contribution in [0.2, 0.25) is 0 Å². The fourth-order valence-corrected chi connectivity index (χ4v) is 3.18. The zero-order valence-corrected chi connectivity index (χ0v) is 17.2. The van der Waals surface area contributed by atoms with Crippen molar-refractivity contribution in [3.8, 4) is 0 Å². The van der Waals surface area contributed by atoms with Crippen molar-refractivity contribution in [2.45, 2.75) is 32.7 Å². The first-order chi connectivity index (χ1) is 12.7. The second-order valence-corrected chi connectivity index (χ2v) is 8.40. The molecule has 1 heterocycles. The lowest BCUT2D eigenvalue weighted by atomic mass is 10.1. The molecule has 0 atom stereocenters. The Hall–Kier alpha value is -1.92. The molecule has 0 radical (unpaired) electrons. The maximum atomic E-state index is 12.4. The van der Waals surface area contributed by atoms with Crippen LogP contribution in [0, 0.1) is 0 Å². The van der Waals surface area contributed by atoms with Crippen molar-refractivity contribution in [2.24, 2.45) is 0 Å². The fraction of sp³-hybridized carbons (Fsp3) is 0.619. The largest absolute Gasteiger partial charge is 0.350 e. The molecule has 1 N–H and O–H groups in total. The SMILES string of the molecule is CN(CC(=O)NC(C)(C)C)C(=O)CN1CCN(CCc2ccccc2)CC1. The first kappa shape index (κ1) is 21.4. The summed E-state index contributed by atoms with van der Waals surface area (Å²) < 4.78 is 0. The molecule has 1 aromatic carbocycles. The fourth-order valence-electron chi connectivity index (χ4n) is 3.18. The van der Waals surface area contributed by atoms with Crippen LogP contribution >= 0.6 is 0 Å². The van der Waals surface area contributed by atoms with E-state index >= 15 is 0 Å². The molecule has 150 valence electrons. The third kappa shape index (κ3) is 8.10. The van der Waals surface area contributed by atoms with Crippen molar-refractivity contribution in [2.75, 3.05) is 52.9 Å². The molecule has 1 aliphatic rings. The Morgan fingerprint density at radius 1 is 1.04 bits per heavy atom. The molecule has 0 aromatic heterocycles. The van der Waals surface area contributed by atoms with Crippen molar-refractivity contribution in [3.05, 3.63) is 35.9 Å². The summed E-state index contributed by atoms with van der Waals surface area (Å²) in [6.45, 7) is 11.1. The van der Waals surface area contributed by atoms with Crippen LogP contribution in [0.1, 0.15) is 26.3 Å². The number of nitrogens with one attached hydrogen (secondary N) is 1. The minimum atomic E-state index is -0.281. The number of likely N-dealkylation sites (N-methyl/N-ethyl adjacent to an activating group) is 1. The standard InChI is InChI=1S/C21H34N4O2/c1-21(2,3)22-19(26)16-23(4)20(27)17-25-14-12-24(13-15-25)11-10-18-8-6-5-7-9-18/h5-9H,10-17H2,1-4H3,(H,22,26). The summed E-state index contributed by atoms with van der Waals surface area (Å²) >= 11 is 0. The molecule has 6 nitrogen and oxygen atoms in total. The molecule has 1 aromatic rings. The van der Waals surface area contributed by atoms with E-state index in [1.165, 1.54) is 10.5 Å². The molecule has 2 amide bonds. The normalized spacial score (nSPS) is 16.1. The third-order valence-corrected chi connectivity index (χ3v) is 4.70. The Kier molecular flexibility index (Phi) is 7.80. The van der Waals surface area contributed by atoms with Crippen molar-refractivity contribution in [1.29, 1.82) is 0 Å². The molecule has 1 aliphatic heterocycles. The molecular formula is C21H34N4O2. The Morgan fingerprint density at radius 2 is 1.63 bits per heavy atom. The van der Waals surface area contributed by atoms with Crippen LogP contribution in [0.4, 0.5) is 0 Å². The van der Waals surface area contributed by atoms with E-state index in [0.717, 1.165) is 39.1 Å². The summed E-state index contributed by atoms with van der Waals surface area (Å²) in [6, 6.07) is 10.5. The Labute approximate surface area is 163 Å². The van der Waals surface area contributed by atoms with Crippen molar-refractivity contribution in [1.82, 2.24) is 20.0 Å². The molecule has 1 fully saturated rings. The third-order valence-electron chi connectivity index (χ3n) is 4.70. The van der Waals surface area contributed by atoms with Gasteiger partial charge in [0.25, 0.3) is 0 Å². The molecule has 27 heavy (non-hydrogen) atoms. The molecule has 0 saturated carbocycles.